The number of H-pyrrole nitrogens is 1. The molecule has 3 aromatic heterocycles. The molecule has 1 atom stereocenters. The lowest BCUT2D eigenvalue weighted by molar-refractivity contribution is 0.0732. The molecule has 0 bridgehead atoms. The molecule has 1 unspecified atom stereocenters. The third-order valence-electron chi connectivity index (χ3n) is 4.36. The lowest BCUT2D eigenvalue weighted by Crippen LogP contribution is -2.30. The number of aromatic nitrogens is 2. The van der Waals surface area contributed by atoms with Crippen molar-refractivity contribution in [3.8, 4) is 0 Å². The number of nitrogens with one attached hydrogen (secondary N) is 2. The summed E-state index contributed by atoms with van der Waals surface area (Å²) in [6, 6.07) is 7.43. The van der Waals surface area contributed by atoms with Gasteiger partial charge >= 0.3 is 0 Å². The molecule has 1 aliphatic rings. The minimum Gasteiger partial charge on any atom is -0.357 e. The van der Waals surface area contributed by atoms with Crippen molar-refractivity contribution in [3.63, 3.8) is 0 Å². The smallest absolute Gasteiger partial charge is 0.270 e. The molecule has 6 nitrogen and oxygen atoms in total. The van der Waals surface area contributed by atoms with E-state index < -0.39 is 0 Å². The molecule has 0 radical (unpaired) electrons. The van der Waals surface area contributed by atoms with Crippen molar-refractivity contribution in [2.75, 3.05) is 11.9 Å². The number of amides is 2. The number of anilines is 1. The fraction of sp³-hybridized carbons (Fsp3) is 0.278. The number of hydrogen-bond donors (Lipinski definition) is 2. The van der Waals surface area contributed by atoms with Crippen LogP contribution in [-0.4, -0.2) is 33.2 Å². The number of nitrogens with zero attached hydrogens (tertiary/aromatic N) is 2. The van der Waals surface area contributed by atoms with Crippen LogP contribution in [0.3, 0.4) is 0 Å². The number of thiophene rings is 1. The van der Waals surface area contributed by atoms with Gasteiger partial charge in [0.2, 0.25) is 0 Å². The van der Waals surface area contributed by atoms with Gasteiger partial charge in [-0.1, -0.05) is 0 Å². The fourth-order valence-corrected chi connectivity index (χ4v) is 4.88. The molecule has 1 saturated heterocycles. The van der Waals surface area contributed by atoms with E-state index in [2.05, 4.69) is 15.3 Å². The first-order chi connectivity index (χ1) is 12.6. The van der Waals surface area contributed by atoms with Gasteiger partial charge in [0, 0.05) is 23.0 Å². The van der Waals surface area contributed by atoms with Crippen LogP contribution in [0.2, 0.25) is 0 Å². The van der Waals surface area contributed by atoms with Gasteiger partial charge in [-0.15, -0.1) is 22.7 Å². The van der Waals surface area contributed by atoms with Gasteiger partial charge < -0.3 is 9.88 Å². The molecule has 2 N–H and O–H groups in total. The Morgan fingerprint density at radius 1 is 1.35 bits per heavy atom. The van der Waals surface area contributed by atoms with Crippen molar-refractivity contribution in [1.29, 1.82) is 0 Å². The molecule has 134 valence electrons. The Balaban J connectivity index is 1.49. The maximum absolute atomic E-state index is 12.7. The van der Waals surface area contributed by atoms with Crippen LogP contribution in [-0.2, 0) is 0 Å². The number of carbonyl (C=O) groups is 2. The van der Waals surface area contributed by atoms with E-state index in [-0.39, 0.29) is 17.9 Å². The van der Waals surface area contributed by atoms with Crippen LogP contribution in [0.4, 0.5) is 5.13 Å². The summed E-state index contributed by atoms with van der Waals surface area (Å²) in [4.78, 5) is 35.9. The molecule has 26 heavy (non-hydrogen) atoms. The van der Waals surface area contributed by atoms with Gasteiger partial charge in [0.25, 0.3) is 11.8 Å². The number of aryl methyl sites for hydroxylation is 1. The van der Waals surface area contributed by atoms with Crippen LogP contribution < -0.4 is 5.32 Å². The quantitative estimate of drug-likeness (QED) is 0.709. The largest absolute Gasteiger partial charge is 0.357 e. The SMILES string of the molecule is Cc1csc(NC(=O)c2ccc(C3CCCN3C(=O)c3ccc[nH]3)s2)n1. The second-order valence-corrected chi connectivity index (χ2v) is 8.16. The molecule has 4 rings (SSSR count). The summed E-state index contributed by atoms with van der Waals surface area (Å²) in [6.07, 6.45) is 3.64. The lowest BCUT2D eigenvalue weighted by Gasteiger charge is -2.23. The van der Waals surface area contributed by atoms with Crippen LogP contribution >= 0.6 is 22.7 Å². The summed E-state index contributed by atoms with van der Waals surface area (Å²) in [5.74, 6) is -0.147. The number of hydrogen-bond acceptors (Lipinski definition) is 5. The highest BCUT2D eigenvalue weighted by Gasteiger charge is 2.32. The molecule has 0 aromatic carbocycles. The highest BCUT2D eigenvalue weighted by molar-refractivity contribution is 7.15. The van der Waals surface area contributed by atoms with Crippen LogP contribution in [0.1, 0.15) is 49.6 Å². The number of likely N-dealkylation sites (tertiary alicyclic amines) is 1. The van der Waals surface area contributed by atoms with Crippen molar-refractivity contribution in [3.05, 3.63) is 57.0 Å². The molecule has 1 aliphatic heterocycles. The zero-order chi connectivity index (χ0) is 18.1. The van der Waals surface area contributed by atoms with E-state index in [1.54, 1.807) is 12.3 Å². The molecular weight excluding hydrogens is 368 g/mol. The molecule has 1 fully saturated rings. The lowest BCUT2D eigenvalue weighted by atomic mass is 10.2. The van der Waals surface area contributed by atoms with Crippen molar-refractivity contribution in [1.82, 2.24) is 14.9 Å². The average Bonchev–Trinajstić information content (AvgIpc) is 3.40. The summed E-state index contributed by atoms with van der Waals surface area (Å²) < 4.78 is 0. The zero-order valence-corrected chi connectivity index (χ0v) is 15.8. The van der Waals surface area contributed by atoms with Gasteiger partial charge in [-0.05, 0) is 44.0 Å². The Kier molecular flexibility index (Phi) is 4.60. The first kappa shape index (κ1) is 17.0. The Morgan fingerprint density at radius 3 is 2.96 bits per heavy atom. The van der Waals surface area contributed by atoms with E-state index in [1.807, 2.05) is 35.4 Å². The molecule has 0 saturated carbocycles. The first-order valence-electron chi connectivity index (χ1n) is 8.39. The second-order valence-electron chi connectivity index (χ2n) is 6.19. The van der Waals surface area contributed by atoms with E-state index in [0.29, 0.717) is 15.7 Å². The average molecular weight is 387 g/mol. The molecule has 2 amide bonds. The van der Waals surface area contributed by atoms with Crippen molar-refractivity contribution >= 4 is 39.6 Å². The summed E-state index contributed by atoms with van der Waals surface area (Å²) in [7, 11) is 0. The maximum Gasteiger partial charge on any atom is 0.270 e. The normalized spacial score (nSPS) is 16.8. The Morgan fingerprint density at radius 2 is 2.23 bits per heavy atom. The summed E-state index contributed by atoms with van der Waals surface area (Å²) in [6.45, 7) is 2.63. The standard InChI is InChI=1S/C18H18N4O2S2/c1-11-10-25-18(20-11)21-16(23)15-7-6-14(26-15)13-5-3-9-22(13)17(24)12-4-2-8-19-12/h2,4,6-8,10,13,19H,3,5,9H2,1H3,(H,20,21,23). The van der Waals surface area contributed by atoms with E-state index in [4.69, 9.17) is 0 Å². The van der Waals surface area contributed by atoms with E-state index in [1.165, 1.54) is 22.7 Å². The van der Waals surface area contributed by atoms with E-state index in [0.717, 1.165) is 30.0 Å². The van der Waals surface area contributed by atoms with Crippen LogP contribution in [0.15, 0.2) is 35.8 Å². The van der Waals surface area contributed by atoms with Gasteiger partial charge in [-0.3, -0.25) is 14.9 Å². The zero-order valence-electron chi connectivity index (χ0n) is 14.2. The summed E-state index contributed by atoms with van der Waals surface area (Å²) in [5, 5.41) is 5.34. The third-order valence-corrected chi connectivity index (χ3v) is 6.42. The number of thiazole rings is 1. The van der Waals surface area contributed by atoms with E-state index in [9.17, 15) is 9.59 Å². The number of aromatic amines is 1. The number of carbonyl (C=O) groups excluding carboxylic acids is 2. The van der Waals surface area contributed by atoms with Crippen LogP contribution in [0.25, 0.3) is 0 Å². The minimum absolute atomic E-state index is 0.00941. The van der Waals surface area contributed by atoms with Gasteiger partial charge in [0.05, 0.1) is 16.6 Å². The highest BCUT2D eigenvalue weighted by atomic mass is 32.1. The fourth-order valence-electron chi connectivity index (χ4n) is 3.15. The molecule has 0 spiro atoms. The van der Waals surface area contributed by atoms with Gasteiger partial charge in [0.1, 0.15) is 5.69 Å². The van der Waals surface area contributed by atoms with Gasteiger partial charge in [-0.2, -0.15) is 0 Å². The van der Waals surface area contributed by atoms with Crippen LogP contribution in [0, 0.1) is 6.92 Å². The van der Waals surface area contributed by atoms with Crippen LogP contribution in [0.5, 0.6) is 0 Å². The molecular formula is C18H18N4O2S2. The molecule has 0 aliphatic carbocycles. The Bertz CT molecular complexity index is 929. The maximum atomic E-state index is 12.7. The highest BCUT2D eigenvalue weighted by Crippen LogP contribution is 2.37. The third kappa shape index (κ3) is 3.30. The topological polar surface area (TPSA) is 78.1 Å². The summed E-state index contributed by atoms with van der Waals surface area (Å²) in [5.41, 5.74) is 1.49. The summed E-state index contributed by atoms with van der Waals surface area (Å²) >= 11 is 2.86. The predicted octanol–water partition coefficient (Wildman–Crippen LogP) is 4.07. The monoisotopic (exact) mass is 386 g/mol. The number of rotatable bonds is 4. The minimum atomic E-state index is -0.157. The van der Waals surface area contributed by atoms with Crippen molar-refractivity contribution < 1.29 is 9.59 Å². The van der Waals surface area contributed by atoms with E-state index >= 15 is 0 Å². The molecule has 4 heterocycles. The Hall–Kier alpha value is -2.45. The Labute approximate surface area is 158 Å². The van der Waals surface area contributed by atoms with Crippen molar-refractivity contribution in [2.45, 2.75) is 25.8 Å². The molecule has 3 aromatic rings. The van der Waals surface area contributed by atoms with Gasteiger partial charge in [-0.25, -0.2) is 4.98 Å². The molecule has 8 heteroatoms. The predicted molar refractivity (Wildman–Crippen MR) is 103 cm³/mol. The first-order valence-corrected chi connectivity index (χ1v) is 10.1. The van der Waals surface area contributed by atoms with Crippen molar-refractivity contribution in [2.24, 2.45) is 0 Å². The second kappa shape index (κ2) is 7.05. The van der Waals surface area contributed by atoms with Gasteiger partial charge in [0.15, 0.2) is 5.13 Å².